The zero-order chi connectivity index (χ0) is 27.0. The molecule has 0 bridgehead atoms. The molecule has 3 aromatic rings. The maximum Gasteiger partial charge on any atom is 0.335 e. The zero-order valence-electron chi connectivity index (χ0n) is 21.1. The van der Waals surface area contributed by atoms with E-state index in [0.717, 1.165) is 41.7 Å². The van der Waals surface area contributed by atoms with Crippen molar-refractivity contribution in [3.63, 3.8) is 0 Å². The average molecular weight is 582 g/mol. The van der Waals surface area contributed by atoms with E-state index in [1.807, 2.05) is 54.6 Å². The molecule has 8 nitrogen and oxygen atoms in total. The Kier molecular flexibility index (Phi) is 12.7. The lowest BCUT2D eigenvalue weighted by Crippen LogP contribution is -2.06. The predicted octanol–water partition coefficient (Wildman–Crippen LogP) is 7.68. The molecular weight excluding hydrogens is 550 g/mol. The van der Waals surface area contributed by atoms with Crippen molar-refractivity contribution < 1.29 is 24.1 Å². The van der Waals surface area contributed by atoms with Crippen LogP contribution in [0.25, 0.3) is 10.4 Å². The number of rotatable bonds is 12. The Labute approximate surface area is 231 Å². The fourth-order valence-corrected chi connectivity index (χ4v) is 4.25. The molecule has 0 amide bonds. The van der Waals surface area contributed by atoms with Crippen molar-refractivity contribution in [1.82, 2.24) is 0 Å². The number of alkyl halides is 1. The van der Waals surface area contributed by atoms with E-state index < -0.39 is 12.0 Å². The van der Waals surface area contributed by atoms with Crippen LogP contribution in [0.4, 0.5) is 0 Å². The third-order valence-corrected chi connectivity index (χ3v) is 6.39. The van der Waals surface area contributed by atoms with Crippen LogP contribution in [0.2, 0.25) is 0 Å². The third-order valence-electron chi connectivity index (χ3n) is 5.83. The summed E-state index contributed by atoms with van der Waals surface area (Å²) in [7, 11) is 0. The standard InChI is InChI=1S/C21H17N3O3.C8H15BrO2/c22-24-23-20(16-5-2-1-3-6-16)18-7-4-8-19(13-18)27-14-15-9-11-17(12-10-15)21(25)26;9-5-3-1-2-4-8-10-6-7-11-8/h1-13,20H,14H2,(H,25,26);8H,1-7H2. The summed E-state index contributed by atoms with van der Waals surface area (Å²) in [5.74, 6) is -0.316. The number of ether oxygens (including phenoxy) is 3. The van der Waals surface area contributed by atoms with Crippen LogP contribution in [-0.2, 0) is 16.1 Å². The molecule has 1 saturated heterocycles. The van der Waals surface area contributed by atoms with Crippen LogP contribution in [0.3, 0.4) is 0 Å². The van der Waals surface area contributed by atoms with Crippen molar-refractivity contribution >= 4 is 21.9 Å². The van der Waals surface area contributed by atoms with Gasteiger partial charge in [0.2, 0.25) is 0 Å². The van der Waals surface area contributed by atoms with Crippen molar-refractivity contribution in [3.8, 4) is 5.75 Å². The highest BCUT2D eigenvalue weighted by Gasteiger charge is 2.14. The minimum absolute atomic E-state index is 0.102. The van der Waals surface area contributed by atoms with Gasteiger partial charge in [0, 0.05) is 10.2 Å². The van der Waals surface area contributed by atoms with Gasteiger partial charge in [0.1, 0.15) is 12.4 Å². The van der Waals surface area contributed by atoms with E-state index in [-0.39, 0.29) is 11.9 Å². The number of aromatic carboxylic acids is 1. The Hall–Kier alpha value is -3.36. The molecule has 3 aromatic carbocycles. The van der Waals surface area contributed by atoms with Crippen LogP contribution in [0, 0.1) is 0 Å². The highest BCUT2D eigenvalue weighted by molar-refractivity contribution is 9.09. The fourth-order valence-electron chi connectivity index (χ4n) is 3.85. The van der Waals surface area contributed by atoms with E-state index in [0.29, 0.717) is 12.4 Å². The monoisotopic (exact) mass is 581 g/mol. The maximum atomic E-state index is 10.9. The molecule has 38 heavy (non-hydrogen) atoms. The van der Waals surface area contributed by atoms with E-state index in [9.17, 15) is 4.79 Å². The van der Waals surface area contributed by atoms with Crippen LogP contribution in [0.5, 0.6) is 5.75 Å². The van der Waals surface area contributed by atoms with Gasteiger partial charge in [0.15, 0.2) is 6.29 Å². The minimum Gasteiger partial charge on any atom is -0.489 e. The van der Waals surface area contributed by atoms with E-state index in [2.05, 4.69) is 26.0 Å². The normalized spacial score (nSPS) is 13.6. The minimum atomic E-state index is -0.958. The van der Waals surface area contributed by atoms with Crippen molar-refractivity contribution in [2.24, 2.45) is 5.11 Å². The molecule has 200 valence electrons. The topological polar surface area (TPSA) is 114 Å². The van der Waals surface area contributed by atoms with Gasteiger partial charge in [-0.15, -0.1) is 0 Å². The molecule has 9 heteroatoms. The molecule has 1 aliphatic heterocycles. The van der Waals surface area contributed by atoms with Gasteiger partial charge >= 0.3 is 5.97 Å². The van der Waals surface area contributed by atoms with Crippen LogP contribution in [0.1, 0.15) is 58.8 Å². The van der Waals surface area contributed by atoms with Gasteiger partial charge < -0.3 is 19.3 Å². The van der Waals surface area contributed by atoms with Gasteiger partial charge in [-0.1, -0.05) is 82.1 Å². The lowest BCUT2D eigenvalue weighted by atomic mass is 9.99. The number of benzene rings is 3. The Morgan fingerprint density at radius 1 is 1.00 bits per heavy atom. The Morgan fingerprint density at radius 3 is 2.37 bits per heavy atom. The van der Waals surface area contributed by atoms with Crippen molar-refractivity contribution in [1.29, 1.82) is 0 Å². The third kappa shape index (κ3) is 9.84. The van der Waals surface area contributed by atoms with E-state index >= 15 is 0 Å². The van der Waals surface area contributed by atoms with Gasteiger partial charge in [-0.3, -0.25) is 0 Å². The fraction of sp³-hybridized carbons (Fsp3) is 0.345. The summed E-state index contributed by atoms with van der Waals surface area (Å²) in [6.45, 7) is 1.87. The molecule has 1 N–H and O–H groups in total. The van der Waals surface area contributed by atoms with E-state index in [1.54, 1.807) is 24.3 Å². The van der Waals surface area contributed by atoms with E-state index in [4.69, 9.17) is 24.8 Å². The summed E-state index contributed by atoms with van der Waals surface area (Å²) in [5, 5.41) is 14.0. The van der Waals surface area contributed by atoms with Crippen LogP contribution < -0.4 is 4.74 Å². The lowest BCUT2D eigenvalue weighted by Gasteiger charge is -2.14. The van der Waals surface area contributed by atoms with Gasteiger partial charge in [-0.25, -0.2) is 4.79 Å². The Morgan fingerprint density at radius 2 is 1.71 bits per heavy atom. The van der Waals surface area contributed by atoms with Crippen LogP contribution in [-0.4, -0.2) is 35.9 Å². The first-order valence-electron chi connectivity index (χ1n) is 12.5. The average Bonchev–Trinajstić information content (AvgIpc) is 3.48. The first-order chi connectivity index (χ1) is 18.6. The molecule has 4 rings (SSSR count). The van der Waals surface area contributed by atoms with Crippen LogP contribution >= 0.6 is 15.9 Å². The van der Waals surface area contributed by atoms with E-state index in [1.165, 1.54) is 19.3 Å². The van der Waals surface area contributed by atoms with Crippen LogP contribution in [0.15, 0.2) is 84.0 Å². The molecule has 0 saturated carbocycles. The summed E-state index contributed by atoms with van der Waals surface area (Å²) >= 11 is 3.40. The second-order valence-electron chi connectivity index (χ2n) is 8.59. The molecule has 1 atom stereocenters. The SMILES string of the molecule is BrCCCCCC1OCCO1.[N-]=[N+]=NC(c1ccccc1)c1cccc(OCc2ccc(C(=O)O)cc2)c1. The largest absolute Gasteiger partial charge is 0.489 e. The molecular formula is C29H32BrN3O5. The lowest BCUT2D eigenvalue weighted by molar-refractivity contribution is -0.0479. The summed E-state index contributed by atoms with van der Waals surface area (Å²) < 4.78 is 16.4. The maximum absolute atomic E-state index is 10.9. The van der Waals surface area contributed by atoms with Gasteiger partial charge in [0.25, 0.3) is 0 Å². The number of azide groups is 1. The quantitative estimate of drug-likeness (QED) is 0.0774. The number of carboxylic acids is 1. The first-order valence-corrected chi connectivity index (χ1v) is 13.7. The van der Waals surface area contributed by atoms with Crippen molar-refractivity contribution in [3.05, 3.63) is 112 Å². The molecule has 1 heterocycles. The number of halogens is 1. The molecule has 1 unspecified atom stereocenters. The molecule has 0 aliphatic carbocycles. The predicted molar refractivity (Wildman–Crippen MR) is 150 cm³/mol. The summed E-state index contributed by atoms with van der Waals surface area (Å²) in [4.78, 5) is 13.9. The highest BCUT2D eigenvalue weighted by Crippen LogP contribution is 2.29. The first kappa shape index (κ1) is 29.2. The zero-order valence-corrected chi connectivity index (χ0v) is 22.7. The second kappa shape index (κ2) is 16.5. The number of hydrogen-bond donors (Lipinski definition) is 1. The summed E-state index contributed by atoms with van der Waals surface area (Å²) in [6, 6.07) is 23.0. The molecule has 0 radical (unpaired) electrons. The summed E-state index contributed by atoms with van der Waals surface area (Å²) in [6.07, 6.45) is 4.91. The van der Waals surface area contributed by atoms with Crippen molar-refractivity contribution in [2.75, 3.05) is 18.5 Å². The second-order valence-corrected chi connectivity index (χ2v) is 9.38. The number of carbonyl (C=O) groups is 1. The van der Waals surface area contributed by atoms with Gasteiger partial charge in [0.05, 0.1) is 24.8 Å². The van der Waals surface area contributed by atoms with Gasteiger partial charge in [-0.05, 0) is 65.7 Å². The number of unbranched alkanes of at least 4 members (excludes halogenated alkanes) is 2. The molecule has 1 aliphatic rings. The smallest absolute Gasteiger partial charge is 0.335 e. The number of nitrogens with zero attached hydrogens (tertiary/aromatic N) is 3. The highest BCUT2D eigenvalue weighted by atomic mass is 79.9. The number of carboxylic acid groups (broad SMARTS) is 1. The molecule has 0 spiro atoms. The Balaban J connectivity index is 0.000000304. The summed E-state index contributed by atoms with van der Waals surface area (Å²) in [5.41, 5.74) is 11.8. The molecule has 0 aromatic heterocycles. The number of hydrogen-bond acceptors (Lipinski definition) is 5. The Bertz CT molecular complexity index is 1160. The molecule has 1 fully saturated rings. The van der Waals surface area contributed by atoms with Crippen molar-refractivity contribution in [2.45, 2.75) is 44.6 Å². The van der Waals surface area contributed by atoms with Gasteiger partial charge in [-0.2, -0.15) is 0 Å².